The monoisotopic (exact) mass is 382 g/mol. The van der Waals surface area contributed by atoms with Crippen molar-refractivity contribution >= 4 is 38.0 Å². The lowest BCUT2D eigenvalue weighted by atomic mass is 10.2. The summed E-state index contributed by atoms with van der Waals surface area (Å²) in [5, 5.41) is 0.242. The first-order valence-corrected chi connectivity index (χ1v) is 9.81. The van der Waals surface area contributed by atoms with Crippen LogP contribution in [0.25, 0.3) is 0 Å². The van der Waals surface area contributed by atoms with Gasteiger partial charge in [-0.1, -0.05) is 0 Å². The largest absolute Gasteiger partial charge is 0.490 e. The van der Waals surface area contributed by atoms with E-state index in [9.17, 15) is 13.2 Å². The zero-order valence-corrected chi connectivity index (χ0v) is 15.7. The Morgan fingerprint density at radius 3 is 2.84 bits per heavy atom. The average molecular weight is 382 g/mol. The van der Waals surface area contributed by atoms with Gasteiger partial charge in [0.15, 0.2) is 0 Å². The van der Waals surface area contributed by atoms with Gasteiger partial charge in [-0.2, -0.15) is 0 Å². The number of hydrogen-bond acceptors (Lipinski definition) is 7. The molecule has 0 amide bonds. The Balaban J connectivity index is 1.96. The molecule has 1 aromatic carbocycles. The Bertz CT molecular complexity index is 921. The molecule has 0 aliphatic carbocycles. The number of carbonyl (C=O) groups excluding carboxylic acids is 1. The van der Waals surface area contributed by atoms with Gasteiger partial charge < -0.3 is 14.4 Å². The Kier molecular flexibility index (Phi) is 4.61. The molecule has 2 heterocycles. The van der Waals surface area contributed by atoms with E-state index in [4.69, 9.17) is 9.47 Å². The number of nitrogens with one attached hydrogen (secondary N) is 1. The highest BCUT2D eigenvalue weighted by molar-refractivity contribution is 7.93. The Morgan fingerprint density at radius 2 is 2.12 bits per heavy atom. The van der Waals surface area contributed by atoms with Crippen LogP contribution in [0.5, 0.6) is 5.75 Å². The lowest BCUT2D eigenvalue weighted by Gasteiger charge is -2.28. The molecule has 0 atom stereocenters. The normalized spacial score (nSPS) is 13.8. The highest BCUT2D eigenvalue weighted by Gasteiger charge is 2.24. The van der Waals surface area contributed by atoms with Crippen LogP contribution >= 0.6 is 11.3 Å². The first kappa shape index (κ1) is 17.6. The van der Waals surface area contributed by atoms with Gasteiger partial charge in [0, 0.05) is 11.9 Å². The summed E-state index contributed by atoms with van der Waals surface area (Å²) in [7, 11) is -0.716. The highest BCUT2D eigenvalue weighted by Crippen LogP contribution is 2.35. The van der Waals surface area contributed by atoms with Crippen LogP contribution in [0.2, 0.25) is 0 Å². The molecule has 1 aliphatic rings. The van der Waals surface area contributed by atoms with E-state index in [2.05, 4.69) is 4.72 Å². The topological polar surface area (TPSA) is 84.9 Å². The Labute approximate surface area is 150 Å². The molecule has 1 N–H and O–H groups in total. The summed E-state index contributed by atoms with van der Waals surface area (Å²) in [5.74, 6) is 0.0653. The maximum absolute atomic E-state index is 12.8. The molecular formula is C16H18N2O5S2. The van der Waals surface area contributed by atoms with Crippen molar-refractivity contribution in [3.05, 3.63) is 34.7 Å². The van der Waals surface area contributed by atoms with Crippen molar-refractivity contribution in [1.29, 1.82) is 0 Å². The number of ether oxygens (including phenoxy) is 2. The third-order valence-electron chi connectivity index (χ3n) is 3.82. The molecule has 0 radical (unpaired) electrons. The predicted molar refractivity (Wildman–Crippen MR) is 96.4 cm³/mol. The molecule has 0 unspecified atom stereocenters. The van der Waals surface area contributed by atoms with Crippen molar-refractivity contribution in [3.8, 4) is 5.75 Å². The number of carbonyl (C=O) groups is 1. The van der Waals surface area contributed by atoms with Crippen molar-refractivity contribution in [3.63, 3.8) is 0 Å². The van der Waals surface area contributed by atoms with Crippen molar-refractivity contribution in [1.82, 2.24) is 0 Å². The first-order valence-electron chi connectivity index (χ1n) is 7.51. The van der Waals surface area contributed by atoms with E-state index in [0.717, 1.165) is 4.88 Å². The lowest BCUT2D eigenvalue weighted by Crippen LogP contribution is -2.29. The van der Waals surface area contributed by atoms with Gasteiger partial charge in [0.05, 0.1) is 29.8 Å². The summed E-state index contributed by atoms with van der Waals surface area (Å²) in [6, 6.07) is 6.29. The zero-order chi connectivity index (χ0) is 18.2. The van der Waals surface area contributed by atoms with Crippen LogP contribution in [0.4, 0.5) is 10.7 Å². The molecule has 3 rings (SSSR count). The fraction of sp³-hybridized carbons (Fsp3) is 0.312. The van der Waals surface area contributed by atoms with Crippen LogP contribution in [-0.2, 0) is 14.8 Å². The number of benzene rings is 1. The molecule has 134 valence electrons. The highest BCUT2D eigenvalue weighted by atomic mass is 32.2. The second-order valence-corrected chi connectivity index (χ2v) is 8.54. The maximum atomic E-state index is 12.8. The van der Waals surface area contributed by atoms with Crippen LogP contribution in [0, 0.1) is 6.92 Å². The number of likely N-dealkylation sites (N-methyl/N-ethyl adjacent to an activating group) is 1. The molecule has 0 fully saturated rings. The SMILES string of the molecule is COC(=O)c1cc(C)sc1NS(=O)(=O)c1ccc2c(c1)N(C)CCO2. The maximum Gasteiger partial charge on any atom is 0.340 e. The van der Waals surface area contributed by atoms with Gasteiger partial charge in [0.1, 0.15) is 17.4 Å². The predicted octanol–water partition coefficient (Wildman–Crippen LogP) is 2.47. The van der Waals surface area contributed by atoms with E-state index >= 15 is 0 Å². The van der Waals surface area contributed by atoms with E-state index < -0.39 is 16.0 Å². The Hall–Kier alpha value is -2.26. The number of esters is 1. The van der Waals surface area contributed by atoms with E-state index in [0.29, 0.717) is 24.6 Å². The lowest BCUT2D eigenvalue weighted by molar-refractivity contribution is 0.0602. The molecule has 9 heteroatoms. The molecule has 0 saturated carbocycles. The Morgan fingerprint density at radius 1 is 1.36 bits per heavy atom. The summed E-state index contributed by atoms with van der Waals surface area (Å²) < 4.78 is 38.2. The molecule has 1 aromatic heterocycles. The molecule has 2 aromatic rings. The molecule has 1 aliphatic heterocycles. The molecule has 0 saturated heterocycles. The quantitative estimate of drug-likeness (QED) is 0.818. The van der Waals surface area contributed by atoms with Crippen LogP contribution in [0.3, 0.4) is 0 Å². The summed E-state index contributed by atoms with van der Waals surface area (Å²) in [6.45, 7) is 3.03. The summed E-state index contributed by atoms with van der Waals surface area (Å²) in [4.78, 5) is 14.7. The van der Waals surface area contributed by atoms with E-state index in [1.807, 2.05) is 11.9 Å². The fourth-order valence-electron chi connectivity index (χ4n) is 2.53. The standard InChI is InChI=1S/C16H18N2O5S2/c1-10-8-12(16(19)22-3)15(24-10)17-25(20,21)11-4-5-14-13(9-11)18(2)6-7-23-14/h4-5,8-9,17H,6-7H2,1-3H3. The van der Waals surface area contributed by atoms with Crippen molar-refractivity contribution in [2.45, 2.75) is 11.8 Å². The molecule has 7 nitrogen and oxygen atoms in total. The zero-order valence-electron chi connectivity index (χ0n) is 14.0. The third-order valence-corrected chi connectivity index (χ3v) is 6.27. The fourth-order valence-corrected chi connectivity index (χ4v) is 4.76. The number of fused-ring (bicyclic) bond motifs is 1. The van der Waals surface area contributed by atoms with Gasteiger partial charge in [-0.25, -0.2) is 13.2 Å². The van der Waals surface area contributed by atoms with Crippen molar-refractivity contribution < 1.29 is 22.7 Å². The number of methoxy groups -OCH3 is 1. The number of nitrogens with zero attached hydrogens (tertiary/aromatic N) is 1. The van der Waals surface area contributed by atoms with Gasteiger partial charge >= 0.3 is 5.97 Å². The van der Waals surface area contributed by atoms with Gasteiger partial charge in [-0.05, 0) is 31.2 Å². The van der Waals surface area contributed by atoms with Crippen LogP contribution in [-0.4, -0.2) is 41.7 Å². The summed E-state index contributed by atoms with van der Waals surface area (Å²) >= 11 is 1.18. The molecule has 0 bridgehead atoms. The number of rotatable bonds is 4. The second-order valence-electron chi connectivity index (χ2n) is 5.60. The minimum Gasteiger partial charge on any atom is -0.490 e. The van der Waals surface area contributed by atoms with E-state index in [-0.39, 0.29) is 15.5 Å². The smallest absolute Gasteiger partial charge is 0.340 e. The third kappa shape index (κ3) is 3.42. The van der Waals surface area contributed by atoms with Gasteiger partial charge in [-0.15, -0.1) is 11.3 Å². The number of sulfonamides is 1. The number of anilines is 2. The molecular weight excluding hydrogens is 364 g/mol. The van der Waals surface area contributed by atoms with Gasteiger partial charge in [0.2, 0.25) is 0 Å². The van der Waals surface area contributed by atoms with Crippen LogP contribution in [0.15, 0.2) is 29.2 Å². The number of hydrogen-bond donors (Lipinski definition) is 1. The van der Waals surface area contributed by atoms with E-state index in [1.165, 1.54) is 24.5 Å². The van der Waals surface area contributed by atoms with Gasteiger partial charge in [-0.3, -0.25) is 4.72 Å². The summed E-state index contributed by atoms with van der Waals surface area (Å²) in [5.41, 5.74) is 0.914. The second kappa shape index (κ2) is 6.57. The molecule has 0 spiro atoms. The van der Waals surface area contributed by atoms with Crippen LogP contribution in [0.1, 0.15) is 15.2 Å². The minimum atomic E-state index is -3.85. The van der Waals surface area contributed by atoms with Gasteiger partial charge in [0.25, 0.3) is 10.0 Å². The van der Waals surface area contributed by atoms with E-state index in [1.54, 1.807) is 25.1 Å². The first-order chi connectivity index (χ1) is 11.8. The van der Waals surface area contributed by atoms with Crippen molar-refractivity contribution in [2.75, 3.05) is 36.9 Å². The molecule has 25 heavy (non-hydrogen) atoms. The van der Waals surface area contributed by atoms with Crippen molar-refractivity contribution in [2.24, 2.45) is 0 Å². The average Bonchev–Trinajstić information content (AvgIpc) is 2.94. The summed E-state index contributed by atoms with van der Waals surface area (Å²) in [6.07, 6.45) is 0. The van der Waals surface area contributed by atoms with Crippen LogP contribution < -0.4 is 14.4 Å². The number of thiophene rings is 1. The number of aryl methyl sites for hydroxylation is 1. The minimum absolute atomic E-state index is 0.102.